The summed E-state index contributed by atoms with van der Waals surface area (Å²) in [6, 6.07) is 11.0. The van der Waals surface area contributed by atoms with E-state index in [-0.39, 0.29) is 23.3 Å². The first-order valence-electron chi connectivity index (χ1n) is 6.85. The molecular weight excluding hydrogens is 323 g/mol. The van der Waals surface area contributed by atoms with Gasteiger partial charge in [-0.25, -0.2) is 4.98 Å². The smallest absolute Gasteiger partial charge is 0.196 e. The van der Waals surface area contributed by atoms with Crippen molar-refractivity contribution in [2.24, 2.45) is 0 Å². The van der Waals surface area contributed by atoms with Crippen LogP contribution >= 0.6 is 24.0 Å². The van der Waals surface area contributed by atoms with Crippen LogP contribution < -0.4 is 10.1 Å². The van der Waals surface area contributed by atoms with E-state index >= 15 is 0 Å². The van der Waals surface area contributed by atoms with E-state index in [2.05, 4.69) is 10.3 Å². The standard InChI is InChI=1S/C16H15ClN2O2.ClH/c17-16-14(15(20)11-4-2-1-3-5-11)8-13(9-19-16)21-10-12-6-7-18-12;/h1-5,8-9,12,18H,6-7,10H2;1H/t12-;/m0./s1. The fourth-order valence-electron chi connectivity index (χ4n) is 2.10. The Morgan fingerprint density at radius 2 is 2.09 bits per heavy atom. The van der Waals surface area contributed by atoms with Crippen LogP contribution in [0, 0.1) is 0 Å². The number of nitrogens with one attached hydrogen (secondary N) is 1. The average molecular weight is 339 g/mol. The summed E-state index contributed by atoms with van der Waals surface area (Å²) in [5.41, 5.74) is 0.945. The molecule has 0 amide bonds. The van der Waals surface area contributed by atoms with Gasteiger partial charge in [-0.1, -0.05) is 41.9 Å². The molecule has 0 bridgehead atoms. The third kappa shape index (κ3) is 3.77. The maximum atomic E-state index is 12.4. The summed E-state index contributed by atoms with van der Waals surface area (Å²) in [7, 11) is 0. The second-order valence-electron chi connectivity index (χ2n) is 4.96. The zero-order chi connectivity index (χ0) is 14.7. The van der Waals surface area contributed by atoms with Gasteiger partial charge in [-0.05, 0) is 19.0 Å². The first-order chi connectivity index (χ1) is 10.2. The van der Waals surface area contributed by atoms with E-state index in [0.717, 1.165) is 13.0 Å². The minimum absolute atomic E-state index is 0. The highest BCUT2D eigenvalue weighted by atomic mass is 35.5. The molecule has 0 radical (unpaired) electrons. The topological polar surface area (TPSA) is 51.2 Å². The minimum atomic E-state index is -0.152. The Morgan fingerprint density at radius 3 is 2.73 bits per heavy atom. The quantitative estimate of drug-likeness (QED) is 0.672. The van der Waals surface area contributed by atoms with Gasteiger partial charge in [0.05, 0.1) is 11.8 Å². The van der Waals surface area contributed by atoms with Crippen molar-refractivity contribution < 1.29 is 9.53 Å². The number of hydrogen-bond acceptors (Lipinski definition) is 4. The highest BCUT2D eigenvalue weighted by Gasteiger charge is 2.18. The second kappa shape index (κ2) is 7.58. The lowest BCUT2D eigenvalue weighted by Crippen LogP contribution is -2.46. The molecule has 1 aromatic carbocycles. The Labute approximate surface area is 140 Å². The van der Waals surface area contributed by atoms with Gasteiger partial charge in [-0.3, -0.25) is 4.79 Å². The van der Waals surface area contributed by atoms with Gasteiger partial charge in [-0.2, -0.15) is 0 Å². The summed E-state index contributed by atoms with van der Waals surface area (Å²) in [5, 5.41) is 3.44. The molecule has 0 aliphatic carbocycles. The highest BCUT2D eigenvalue weighted by molar-refractivity contribution is 6.33. The summed E-state index contributed by atoms with van der Waals surface area (Å²) >= 11 is 6.04. The number of pyridine rings is 1. The van der Waals surface area contributed by atoms with Crippen LogP contribution in [0.1, 0.15) is 22.3 Å². The normalized spacial score (nSPS) is 16.3. The number of aromatic nitrogens is 1. The van der Waals surface area contributed by atoms with Crippen LogP contribution in [0.4, 0.5) is 0 Å². The monoisotopic (exact) mass is 338 g/mol. The molecule has 1 saturated heterocycles. The molecule has 1 fully saturated rings. The average Bonchev–Trinajstić information content (AvgIpc) is 2.47. The van der Waals surface area contributed by atoms with Crippen LogP contribution in [0.3, 0.4) is 0 Å². The summed E-state index contributed by atoms with van der Waals surface area (Å²) in [6.07, 6.45) is 2.65. The van der Waals surface area contributed by atoms with Crippen LogP contribution in [0.15, 0.2) is 42.6 Å². The molecule has 6 heteroatoms. The summed E-state index contributed by atoms with van der Waals surface area (Å²) in [6.45, 7) is 1.60. The molecule has 3 rings (SSSR count). The van der Waals surface area contributed by atoms with Crippen LogP contribution in [-0.4, -0.2) is 30.0 Å². The van der Waals surface area contributed by atoms with E-state index in [0.29, 0.717) is 29.5 Å². The molecule has 1 aliphatic heterocycles. The van der Waals surface area contributed by atoms with Crippen LogP contribution in [0.5, 0.6) is 5.75 Å². The van der Waals surface area contributed by atoms with Gasteiger partial charge in [-0.15, -0.1) is 12.4 Å². The van der Waals surface area contributed by atoms with E-state index in [9.17, 15) is 4.79 Å². The van der Waals surface area contributed by atoms with Crippen molar-refractivity contribution in [1.29, 1.82) is 0 Å². The van der Waals surface area contributed by atoms with Crippen molar-refractivity contribution in [1.82, 2.24) is 10.3 Å². The first-order valence-corrected chi connectivity index (χ1v) is 7.23. The van der Waals surface area contributed by atoms with E-state index < -0.39 is 0 Å². The molecule has 2 heterocycles. The molecule has 2 aromatic rings. The van der Waals surface area contributed by atoms with Crippen molar-refractivity contribution in [3.63, 3.8) is 0 Å². The van der Waals surface area contributed by atoms with Gasteiger partial charge in [0.2, 0.25) is 0 Å². The Bertz CT molecular complexity index is 646. The summed E-state index contributed by atoms with van der Waals surface area (Å²) < 4.78 is 5.66. The van der Waals surface area contributed by atoms with E-state index in [4.69, 9.17) is 16.3 Å². The summed E-state index contributed by atoms with van der Waals surface area (Å²) in [4.78, 5) is 16.5. The second-order valence-corrected chi connectivity index (χ2v) is 5.31. The van der Waals surface area contributed by atoms with Crippen molar-refractivity contribution in [3.05, 3.63) is 58.9 Å². The van der Waals surface area contributed by atoms with E-state index in [1.807, 2.05) is 18.2 Å². The lowest BCUT2D eigenvalue weighted by Gasteiger charge is -2.27. The predicted molar refractivity (Wildman–Crippen MR) is 88.3 cm³/mol. The van der Waals surface area contributed by atoms with Gasteiger partial charge >= 0.3 is 0 Å². The van der Waals surface area contributed by atoms with Crippen LogP contribution in [-0.2, 0) is 0 Å². The number of benzene rings is 1. The maximum absolute atomic E-state index is 12.4. The van der Waals surface area contributed by atoms with Crippen molar-refractivity contribution in [2.45, 2.75) is 12.5 Å². The number of nitrogens with zero attached hydrogens (tertiary/aromatic N) is 1. The molecule has 1 aliphatic rings. The number of hydrogen-bond donors (Lipinski definition) is 1. The molecule has 116 valence electrons. The minimum Gasteiger partial charge on any atom is -0.490 e. The highest BCUT2D eigenvalue weighted by Crippen LogP contribution is 2.22. The van der Waals surface area contributed by atoms with Gasteiger partial charge < -0.3 is 10.1 Å². The van der Waals surface area contributed by atoms with Crippen LogP contribution in [0.2, 0.25) is 5.15 Å². The van der Waals surface area contributed by atoms with Gasteiger partial charge in [0, 0.05) is 11.6 Å². The summed E-state index contributed by atoms with van der Waals surface area (Å²) in [5.74, 6) is 0.410. The number of ether oxygens (including phenoxy) is 1. The fourth-order valence-corrected chi connectivity index (χ4v) is 2.29. The van der Waals surface area contributed by atoms with E-state index in [1.54, 1.807) is 24.4 Å². The molecule has 1 N–H and O–H groups in total. The Morgan fingerprint density at radius 1 is 1.36 bits per heavy atom. The zero-order valence-electron chi connectivity index (χ0n) is 11.8. The van der Waals surface area contributed by atoms with E-state index in [1.165, 1.54) is 0 Å². The molecule has 4 nitrogen and oxygen atoms in total. The molecule has 1 atom stereocenters. The van der Waals surface area contributed by atoms with Crippen molar-refractivity contribution in [3.8, 4) is 5.75 Å². The van der Waals surface area contributed by atoms with Crippen molar-refractivity contribution in [2.75, 3.05) is 13.2 Å². The molecule has 0 saturated carbocycles. The molecular formula is C16H16Cl2N2O2. The van der Waals surface area contributed by atoms with Crippen molar-refractivity contribution >= 4 is 29.8 Å². The van der Waals surface area contributed by atoms with Gasteiger partial charge in [0.1, 0.15) is 17.5 Å². The van der Waals surface area contributed by atoms with Crippen LogP contribution in [0.25, 0.3) is 0 Å². The Kier molecular flexibility index (Phi) is 5.77. The zero-order valence-corrected chi connectivity index (χ0v) is 13.4. The SMILES string of the molecule is Cl.O=C(c1ccccc1)c1cc(OC[C@@H]2CCN2)cnc1Cl. The molecule has 1 aromatic heterocycles. The number of rotatable bonds is 5. The number of halogens is 2. The number of ketones is 1. The Hall–Kier alpha value is -1.62. The van der Waals surface area contributed by atoms with Gasteiger partial charge in [0.25, 0.3) is 0 Å². The molecule has 22 heavy (non-hydrogen) atoms. The number of carbonyl (C=O) groups is 1. The predicted octanol–water partition coefficient (Wildman–Crippen LogP) is 3.13. The lowest BCUT2D eigenvalue weighted by atomic mass is 10.1. The molecule has 0 unspecified atom stereocenters. The molecule has 0 spiro atoms. The van der Waals surface area contributed by atoms with Gasteiger partial charge in [0.15, 0.2) is 5.78 Å². The third-order valence-corrected chi connectivity index (χ3v) is 3.77. The first kappa shape index (κ1) is 16.7. The third-order valence-electron chi connectivity index (χ3n) is 3.47. The largest absolute Gasteiger partial charge is 0.490 e. The number of carbonyl (C=O) groups excluding carboxylic acids is 1. The fraction of sp³-hybridized carbons (Fsp3) is 0.250. The maximum Gasteiger partial charge on any atom is 0.196 e. The lowest BCUT2D eigenvalue weighted by molar-refractivity contribution is 0.103. The Balaban J connectivity index is 0.00000176.